The Bertz CT molecular complexity index is 449. The number of ether oxygens (including phenoxy) is 1. The van der Waals surface area contributed by atoms with Crippen molar-refractivity contribution in [2.75, 3.05) is 20.7 Å². The van der Waals surface area contributed by atoms with Crippen molar-refractivity contribution in [1.29, 1.82) is 0 Å². The van der Waals surface area contributed by atoms with Crippen LogP contribution >= 0.6 is 0 Å². The zero-order valence-corrected chi connectivity index (χ0v) is 10.2. The molecule has 0 aliphatic rings. The molecule has 1 aromatic carbocycles. The maximum Gasteiger partial charge on any atom is 0.242 e. The van der Waals surface area contributed by atoms with Gasteiger partial charge in [-0.2, -0.15) is 0 Å². The predicted molar refractivity (Wildman–Crippen MR) is 63.0 cm³/mol. The minimum Gasteiger partial charge on any atom is -0.490 e. The summed E-state index contributed by atoms with van der Waals surface area (Å²) in [5.41, 5.74) is 0. The molecule has 0 saturated carbocycles. The zero-order valence-electron chi connectivity index (χ0n) is 9.38. The van der Waals surface area contributed by atoms with Gasteiger partial charge in [-0.05, 0) is 24.3 Å². The van der Waals surface area contributed by atoms with Gasteiger partial charge < -0.3 is 4.74 Å². The van der Waals surface area contributed by atoms with Gasteiger partial charge in [0.25, 0.3) is 0 Å². The quantitative estimate of drug-likeness (QED) is 0.734. The van der Waals surface area contributed by atoms with Gasteiger partial charge in [-0.15, -0.1) is 0 Å². The first-order valence-corrected chi connectivity index (χ1v) is 6.19. The second-order valence-electron chi connectivity index (χ2n) is 3.36. The number of nitrogens with zero attached hydrogens (tertiary/aromatic N) is 1. The Kier molecular flexibility index (Phi) is 4.09. The van der Waals surface area contributed by atoms with E-state index in [4.69, 9.17) is 4.74 Å². The summed E-state index contributed by atoms with van der Waals surface area (Å²) in [7, 11) is -0.362. The van der Waals surface area contributed by atoms with E-state index >= 15 is 0 Å². The molecule has 0 aliphatic carbocycles. The molecule has 0 saturated heterocycles. The Morgan fingerprint density at radius 2 is 1.88 bits per heavy atom. The summed E-state index contributed by atoms with van der Waals surface area (Å²) in [6, 6.07) is 6.29. The summed E-state index contributed by atoms with van der Waals surface area (Å²) < 4.78 is 29.9. The first kappa shape index (κ1) is 12.7. The molecule has 5 heteroatoms. The maximum absolute atomic E-state index is 11.7. The second kappa shape index (κ2) is 5.14. The van der Waals surface area contributed by atoms with E-state index in [0.717, 1.165) is 0 Å². The van der Waals surface area contributed by atoms with E-state index in [1.165, 1.54) is 30.5 Å². The monoisotopic (exact) mass is 241 g/mol. The minimum atomic E-state index is -3.36. The molecule has 0 N–H and O–H groups in total. The van der Waals surface area contributed by atoms with E-state index in [2.05, 4.69) is 6.58 Å². The van der Waals surface area contributed by atoms with E-state index in [-0.39, 0.29) is 4.90 Å². The lowest BCUT2D eigenvalue weighted by atomic mass is 10.3. The van der Waals surface area contributed by atoms with Crippen molar-refractivity contribution in [2.45, 2.75) is 4.90 Å². The topological polar surface area (TPSA) is 46.6 Å². The third-order valence-electron chi connectivity index (χ3n) is 1.97. The molecule has 0 radical (unpaired) electrons. The average Bonchev–Trinajstić information content (AvgIpc) is 2.26. The average molecular weight is 241 g/mol. The van der Waals surface area contributed by atoms with Crippen molar-refractivity contribution in [3.05, 3.63) is 36.9 Å². The van der Waals surface area contributed by atoms with E-state index in [9.17, 15) is 8.42 Å². The molecule has 0 spiro atoms. The Labute approximate surface area is 96.2 Å². The van der Waals surface area contributed by atoms with E-state index in [1.54, 1.807) is 18.2 Å². The molecule has 4 nitrogen and oxygen atoms in total. The normalized spacial score (nSPS) is 11.4. The van der Waals surface area contributed by atoms with Crippen LogP contribution in [0.5, 0.6) is 5.75 Å². The van der Waals surface area contributed by atoms with Crippen molar-refractivity contribution in [3.8, 4) is 5.75 Å². The van der Waals surface area contributed by atoms with Gasteiger partial charge in [-0.25, -0.2) is 12.7 Å². The van der Waals surface area contributed by atoms with Crippen LogP contribution in [0.4, 0.5) is 0 Å². The standard InChI is InChI=1S/C11H15NO3S/c1-4-9-15-10-5-7-11(8-6-10)16(13,14)12(2)3/h4-8H,1,9H2,2-3H3. The third-order valence-corrected chi connectivity index (χ3v) is 3.80. The maximum atomic E-state index is 11.7. The highest BCUT2D eigenvalue weighted by atomic mass is 32.2. The minimum absolute atomic E-state index is 0.253. The van der Waals surface area contributed by atoms with E-state index in [0.29, 0.717) is 12.4 Å². The molecule has 88 valence electrons. The van der Waals surface area contributed by atoms with Crippen LogP contribution in [0.2, 0.25) is 0 Å². The van der Waals surface area contributed by atoms with Crippen LogP contribution in [0, 0.1) is 0 Å². The van der Waals surface area contributed by atoms with Gasteiger partial charge in [-0.1, -0.05) is 12.7 Å². The van der Waals surface area contributed by atoms with E-state index in [1.807, 2.05) is 0 Å². The molecule has 0 fully saturated rings. The van der Waals surface area contributed by atoms with Crippen molar-refractivity contribution >= 4 is 10.0 Å². The summed E-state index contributed by atoms with van der Waals surface area (Å²) in [5, 5.41) is 0. The van der Waals surface area contributed by atoms with Crippen LogP contribution < -0.4 is 4.74 Å². The summed E-state index contributed by atoms with van der Waals surface area (Å²) in [6.45, 7) is 3.93. The third kappa shape index (κ3) is 2.84. The van der Waals surface area contributed by atoms with Crippen LogP contribution in [0.3, 0.4) is 0 Å². The van der Waals surface area contributed by atoms with Crippen LogP contribution in [-0.4, -0.2) is 33.4 Å². The fourth-order valence-electron chi connectivity index (χ4n) is 1.07. The Morgan fingerprint density at radius 3 is 2.31 bits per heavy atom. The number of benzene rings is 1. The lowest BCUT2D eigenvalue weighted by Crippen LogP contribution is -2.22. The fourth-order valence-corrected chi connectivity index (χ4v) is 1.98. The fraction of sp³-hybridized carbons (Fsp3) is 0.273. The summed E-state index contributed by atoms with van der Waals surface area (Å²) in [6.07, 6.45) is 1.63. The molecule has 0 heterocycles. The number of hydrogen-bond donors (Lipinski definition) is 0. The van der Waals surface area contributed by atoms with Gasteiger partial charge in [0.2, 0.25) is 10.0 Å². The van der Waals surface area contributed by atoms with Gasteiger partial charge in [0.05, 0.1) is 4.90 Å². The van der Waals surface area contributed by atoms with Crippen LogP contribution in [0.1, 0.15) is 0 Å². The SMILES string of the molecule is C=CCOc1ccc(S(=O)(=O)N(C)C)cc1. The summed E-state index contributed by atoms with van der Waals surface area (Å²) in [5.74, 6) is 0.623. The smallest absolute Gasteiger partial charge is 0.242 e. The molecule has 1 rings (SSSR count). The zero-order chi connectivity index (χ0) is 12.2. The van der Waals surface area contributed by atoms with Crippen molar-refractivity contribution in [2.24, 2.45) is 0 Å². The first-order chi connectivity index (χ1) is 7.48. The lowest BCUT2D eigenvalue weighted by molar-refractivity contribution is 0.363. The molecule has 0 aliphatic heterocycles. The number of sulfonamides is 1. The number of hydrogen-bond acceptors (Lipinski definition) is 3. The molecule has 0 aromatic heterocycles. The Balaban J connectivity index is 2.91. The van der Waals surface area contributed by atoms with Gasteiger partial charge >= 0.3 is 0 Å². The first-order valence-electron chi connectivity index (χ1n) is 4.75. The highest BCUT2D eigenvalue weighted by Gasteiger charge is 2.16. The molecule has 0 bridgehead atoms. The Hall–Kier alpha value is -1.33. The van der Waals surface area contributed by atoms with Crippen LogP contribution in [-0.2, 0) is 10.0 Å². The van der Waals surface area contributed by atoms with Gasteiger partial charge in [0.1, 0.15) is 12.4 Å². The molecular weight excluding hydrogens is 226 g/mol. The molecular formula is C11H15NO3S. The van der Waals surface area contributed by atoms with Crippen LogP contribution in [0.15, 0.2) is 41.8 Å². The van der Waals surface area contributed by atoms with Crippen molar-refractivity contribution in [3.63, 3.8) is 0 Å². The highest BCUT2D eigenvalue weighted by Crippen LogP contribution is 2.17. The Morgan fingerprint density at radius 1 is 1.31 bits per heavy atom. The number of rotatable bonds is 5. The predicted octanol–water partition coefficient (Wildman–Crippen LogP) is 1.50. The van der Waals surface area contributed by atoms with Crippen molar-refractivity contribution < 1.29 is 13.2 Å². The largest absolute Gasteiger partial charge is 0.490 e. The molecule has 0 unspecified atom stereocenters. The van der Waals surface area contributed by atoms with Gasteiger partial charge in [0, 0.05) is 14.1 Å². The highest BCUT2D eigenvalue weighted by molar-refractivity contribution is 7.89. The lowest BCUT2D eigenvalue weighted by Gasteiger charge is -2.11. The van der Waals surface area contributed by atoms with Crippen LogP contribution in [0.25, 0.3) is 0 Å². The molecule has 0 atom stereocenters. The van der Waals surface area contributed by atoms with Crippen molar-refractivity contribution in [1.82, 2.24) is 4.31 Å². The second-order valence-corrected chi connectivity index (χ2v) is 5.51. The molecule has 1 aromatic rings. The van der Waals surface area contributed by atoms with E-state index < -0.39 is 10.0 Å². The summed E-state index contributed by atoms with van der Waals surface area (Å²) >= 11 is 0. The molecule has 16 heavy (non-hydrogen) atoms. The van der Waals surface area contributed by atoms with Gasteiger partial charge in [0.15, 0.2) is 0 Å². The van der Waals surface area contributed by atoms with Gasteiger partial charge in [-0.3, -0.25) is 0 Å². The molecule has 0 amide bonds. The summed E-state index contributed by atoms with van der Waals surface area (Å²) in [4.78, 5) is 0.253.